The van der Waals surface area contributed by atoms with Crippen molar-refractivity contribution in [3.05, 3.63) is 0 Å². The summed E-state index contributed by atoms with van der Waals surface area (Å²) >= 11 is 0. The van der Waals surface area contributed by atoms with E-state index in [0.717, 1.165) is 0 Å². The van der Waals surface area contributed by atoms with Crippen LogP contribution in [0.4, 0.5) is 0 Å². The van der Waals surface area contributed by atoms with Gasteiger partial charge in [0, 0.05) is 12.8 Å². The molecule has 106 valence electrons. The molecule has 2 amide bonds. The number of nitrogens with zero attached hydrogens (tertiary/aromatic N) is 1. The fraction of sp³-hybridized carbons (Fsp3) is 0.600. The molecule has 1 aliphatic rings. The third-order valence-electron chi connectivity index (χ3n) is 2.45. The van der Waals surface area contributed by atoms with Gasteiger partial charge in [0.2, 0.25) is 0 Å². The molecule has 2 atom stereocenters. The van der Waals surface area contributed by atoms with Gasteiger partial charge in [0.05, 0.1) is 6.10 Å². The van der Waals surface area contributed by atoms with Gasteiger partial charge in [0.1, 0.15) is 12.6 Å². The second kappa shape index (κ2) is 6.25. The molecule has 0 aromatic carbocycles. The van der Waals surface area contributed by atoms with Crippen molar-refractivity contribution < 1.29 is 33.9 Å². The first-order valence-corrected chi connectivity index (χ1v) is 5.49. The Morgan fingerprint density at radius 3 is 2.37 bits per heavy atom. The number of hydrogen-bond donors (Lipinski definition) is 2. The van der Waals surface area contributed by atoms with Crippen LogP contribution in [0.25, 0.3) is 0 Å². The van der Waals surface area contributed by atoms with Gasteiger partial charge in [-0.05, 0) is 6.92 Å². The van der Waals surface area contributed by atoms with Crippen LogP contribution in [0.5, 0.6) is 0 Å². The van der Waals surface area contributed by atoms with Gasteiger partial charge in [-0.3, -0.25) is 14.4 Å². The minimum absolute atomic E-state index is 0.00668. The largest absolute Gasteiger partial charge is 0.480 e. The maximum atomic E-state index is 11.3. The van der Waals surface area contributed by atoms with Gasteiger partial charge in [0.15, 0.2) is 0 Å². The van der Waals surface area contributed by atoms with Gasteiger partial charge in [-0.15, -0.1) is 5.06 Å². The lowest BCUT2D eigenvalue weighted by molar-refractivity contribution is -0.201. The van der Waals surface area contributed by atoms with Crippen LogP contribution in [-0.4, -0.2) is 52.7 Å². The van der Waals surface area contributed by atoms with E-state index in [2.05, 4.69) is 4.84 Å². The molecule has 19 heavy (non-hydrogen) atoms. The lowest BCUT2D eigenvalue weighted by Crippen LogP contribution is -2.43. The Balaban J connectivity index is 2.38. The standard InChI is InChI=1S/C10H14N2O7/c1-5(9(11)10(16)17)18-4-8(15)19-12-6(13)2-3-7(12)14/h5,9H,2-4,11H2,1H3,(H,16,17)/t5-,9+/m1/s1. The number of nitrogens with two attached hydrogens (primary N) is 1. The van der Waals surface area contributed by atoms with Gasteiger partial charge in [-0.1, -0.05) is 0 Å². The van der Waals surface area contributed by atoms with Crippen LogP contribution in [0.1, 0.15) is 19.8 Å². The number of rotatable bonds is 6. The van der Waals surface area contributed by atoms with Gasteiger partial charge < -0.3 is 20.4 Å². The predicted octanol–water partition coefficient (Wildman–Crippen LogP) is -1.59. The van der Waals surface area contributed by atoms with Crippen LogP contribution in [0.2, 0.25) is 0 Å². The molecule has 1 aliphatic heterocycles. The summed E-state index contributed by atoms with van der Waals surface area (Å²) in [6.07, 6.45) is -0.935. The van der Waals surface area contributed by atoms with Crippen molar-refractivity contribution in [3.63, 3.8) is 0 Å². The number of hydroxylamine groups is 2. The third kappa shape index (κ3) is 4.00. The number of imide groups is 1. The molecule has 1 heterocycles. The van der Waals surface area contributed by atoms with Crippen molar-refractivity contribution in [2.24, 2.45) is 5.73 Å². The van der Waals surface area contributed by atoms with Gasteiger partial charge in [-0.2, -0.15) is 0 Å². The van der Waals surface area contributed by atoms with E-state index in [1.807, 2.05) is 0 Å². The summed E-state index contributed by atoms with van der Waals surface area (Å²) in [5, 5.41) is 8.98. The number of carboxylic acid groups (broad SMARTS) is 1. The molecular weight excluding hydrogens is 260 g/mol. The van der Waals surface area contributed by atoms with Crippen molar-refractivity contribution >= 4 is 23.8 Å². The fourth-order valence-electron chi connectivity index (χ4n) is 1.29. The molecular formula is C10H14N2O7. The second-order valence-electron chi connectivity index (χ2n) is 3.93. The first kappa shape index (κ1) is 15.1. The molecule has 0 unspecified atom stereocenters. The van der Waals surface area contributed by atoms with E-state index in [-0.39, 0.29) is 12.8 Å². The van der Waals surface area contributed by atoms with Gasteiger partial charge >= 0.3 is 11.9 Å². The van der Waals surface area contributed by atoms with Crippen molar-refractivity contribution in [2.45, 2.75) is 31.9 Å². The number of carboxylic acids is 1. The molecule has 3 N–H and O–H groups in total. The summed E-state index contributed by atoms with van der Waals surface area (Å²) in [5.41, 5.74) is 5.26. The Hall–Kier alpha value is -2.00. The summed E-state index contributed by atoms with van der Waals surface area (Å²) in [6, 6.07) is -1.29. The second-order valence-corrected chi connectivity index (χ2v) is 3.93. The zero-order chi connectivity index (χ0) is 14.6. The maximum Gasteiger partial charge on any atom is 0.358 e. The van der Waals surface area contributed by atoms with Crippen LogP contribution < -0.4 is 5.73 Å². The minimum Gasteiger partial charge on any atom is -0.480 e. The van der Waals surface area contributed by atoms with Crippen LogP contribution >= 0.6 is 0 Å². The Labute approximate surface area is 108 Å². The fourth-order valence-corrected chi connectivity index (χ4v) is 1.29. The maximum absolute atomic E-state index is 11.3. The first-order valence-electron chi connectivity index (χ1n) is 5.49. The van der Waals surface area contributed by atoms with Crippen molar-refractivity contribution in [3.8, 4) is 0 Å². The predicted molar refractivity (Wildman–Crippen MR) is 58.2 cm³/mol. The van der Waals surface area contributed by atoms with E-state index >= 15 is 0 Å². The van der Waals surface area contributed by atoms with E-state index in [4.69, 9.17) is 15.6 Å². The molecule has 0 aromatic rings. The molecule has 0 aliphatic carbocycles. The molecule has 9 nitrogen and oxygen atoms in total. The average Bonchev–Trinajstić information content (AvgIpc) is 2.66. The van der Waals surface area contributed by atoms with Crippen molar-refractivity contribution in [1.82, 2.24) is 5.06 Å². The third-order valence-corrected chi connectivity index (χ3v) is 2.45. The number of carbonyl (C=O) groups is 4. The summed E-state index contributed by atoms with van der Waals surface area (Å²) in [5.74, 6) is -3.46. The van der Waals surface area contributed by atoms with Crippen molar-refractivity contribution in [1.29, 1.82) is 0 Å². The van der Waals surface area contributed by atoms with Gasteiger partial charge in [0.25, 0.3) is 11.8 Å². The lowest BCUT2D eigenvalue weighted by atomic mass is 10.2. The molecule has 1 fully saturated rings. The molecule has 1 saturated heterocycles. The molecule has 9 heteroatoms. The minimum atomic E-state index is -1.29. The Morgan fingerprint density at radius 1 is 1.37 bits per heavy atom. The van der Waals surface area contributed by atoms with Crippen LogP contribution in [0.3, 0.4) is 0 Å². The van der Waals surface area contributed by atoms with E-state index < -0.39 is 42.5 Å². The Morgan fingerprint density at radius 2 is 1.89 bits per heavy atom. The summed E-state index contributed by atoms with van der Waals surface area (Å²) < 4.78 is 4.88. The summed E-state index contributed by atoms with van der Waals surface area (Å²) in [6.45, 7) is 0.761. The number of ether oxygens (including phenoxy) is 1. The summed E-state index contributed by atoms with van der Waals surface area (Å²) in [4.78, 5) is 48.6. The SMILES string of the molecule is C[C@@H](OCC(=O)ON1C(=O)CCC1=O)[C@H](N)C(=O)O. The Bertz CT molecular complexity index is 393. The highest BCUT2D eigenvalue weighted by Gasteiger charge is 2.33. The molecule has 0 bridgehead atoms. The number of carbonyl (C=O) groups excluding carboxylic acids is 3. The molecule has 1 rings (SSSR count). The van der Waals surface area contributed by atoms with Gasteiger partial charge in [-0.25, -0.2) is 4.79 Å². The van der Waals surface area contributed by atoms with E-state index in [0.29, 0.717) is 5.06 Å². The zero-order valence-corrected chi connectivity index (χ0v) is 10.2. The van der Waals surface area contributed by atoms with E-state index in [1.54, 1.807) is 0 Å². The quantitative estimate of drug-likeness (QED) is 0.553. The topological polar surface area (TPSA) is 136 Å². The van der Waals surface area contributed by atoms with Crippen molar-refractivity contribution in [2.75, 3.05) is 6.61 Å². The molecule has 0 saturated carbocycles. The first-order chi connectivity index (χ1) is 8.82. The monoisotopic (exact) mass is 274 g/mol. The van der Waals surface area contributed by atoms with E-state index in [9.17, 15) is 19.2 Å². The summed E-state index contributed by atoms with van der Waals surface area (Å²) in [7, 11) is 0. The highest BCUT2D eigenvalue weighted by Crippen LogP contribution is 2.12. The zero-order valence-electron chi connectivity index (χ0n) is 10.2. The highest BCUT2D eigenvalue weighted by atomic mass is 16.7. The number of amides is 2. The average molecular weight is 274 g/mol. The smallest absolute Gasteiger partial charge is 0.358 e. The normalized spacial score (nSPS) is 18.3. The number of aliphatic carboxylic acids is 1. The highest BCUT2D eigenvalue weighted by molar-refractivity contribution is 6.01. The van der Waals surface area contributed by atoms with Crippen LogP contribution in [0, 0.1) is 0 Å². The van der Waals surface area contributed by atoms with Crippen LogP contribution in [-0.2, 0) is 28.8 Å². The lowest BCUT2D eigenvalue weighted by Gasteiger charge is -2.17. The number of hydrogen-bond acceptors (Lipinski definition) is 7. The molecule has 0 spiro atoms. The molecule has 0 aromatic heterocycles. The Kier molecular flexibility index (Phi) is 4.95. The molecule has 0 radical (unpaired) electrons. The van der Waals surface area contributed by atoms with E-state index in [1.165, 1.54) is 6.92 Å². The van der Waals surface area contributed by atoms with Crippen LogP contribution in [0.15, 0.2) is 0 Å².